The number of amidine groups is 1. The Morgan fingerprint density at radius 1 is 1.42 bits per heavy atom. The van der Waals surface area contributed by atoms with Crippen molar-refractivity contribution in [1.82, 2.24) is 15.4 Å². The Morgan fingerprint density at radius 3 is 3.17 bits per heavy atom. The summed E-state index contributed by atoms with van der Waals surface area (Å²) in [5.74, 6) is -0.157. The predicted molar refractivity (Wildman–Crippen MR) is 96.4 cm³/mol. The number of carbonyl (C=O) groups is 1. The predicted octanol–water partition coefficient (Wildman–Crippen LogP) is 1.66. The first-order chi connectivity index (χ1) is 11.7. The van der Waals surface area contributed by atoms with E-state index in [0.717, 1.165) is 20.8 Å². The van der Waals surface area contributed by atoms with Crippen LogP contribution in [-0.2, 0) is 4.79 Å². The Balaban J connectivity index is 1.58. The second-order valence-corrected chi connectivity index (χ2v) is 6.98. The number of halogens is 1. The molecule has 2 aromatic rings. The minimum absolute atomic E-state index is 0.157. The van der Waals surface area contributed by atoms with Gasteiger partial charge in [-0.15, -0.1) is 0 Å². The maximum absolute atomic E-state index is 12.2. The van der Waals surface area contributed by atoms with Crippen molar-refractivity contribution in [3.05, 3.63) is 56.7 Å². The highest BCUT2D eigenvalue weighted by atomic mass is 79.9. The van der Waals surface area contributed by atoms with Crippen molar-refractivity contribution in [2.45, 2.75) is 0 Å². The summed E-state index contributed by atoms with van der Waals surface area (Å²) in [5.41, 5.74) is 1.53. The molecule has 1 N–H and O–H groups in total. The van der Waals surface area contributed by atoms with Gasteiger partial charge in [0.05, 0.1) is 22.0 Å². The molecule has 24 heavy (non-hydrogen) atoms. The van der Waals surface area contributed by atoms with E-state index >= 15 is 0 Å². The monoisotopic (exact) mass is 402 g/mol. The lowest BCUT2D eigenvalue weighted by Gasteiger charge is -2.14. The van der Waals surface area contributed by atoms with Crippen molar-refractivity contribution in [3.63, 3.8) is 0 Å². The smallest absolute Gasteiger partial charge is 0.265 e. The molecular formula is C16H11BrN4O2S. The summed E-state index contributed by atoms with van der Waals surface area (Å²) >= 11 is 4.76. The molecule has 6 nitrogen and oxygen atoms in total. The molecule has 3 heterocycles. The molecule has 0 atom stereocenters. The average Bonchev–Trinajstić information content (AvgIpc) is 3.16. The zero-order chi connectivity index (χ0) is 16.5. The second-order valence-electron chi connectivity index (χ2n) is 5.09. The van der Waals surface area contributed by atoms with Crippen LogP contribution in [0.1, 0.15) is 0 Å². The molecule has 2 aliphatic heterocycles. The SMILES string of the molecule is O=C1NC(=Nc2ccccc2Br)SC1=CN1C=c2cnoc2=CC1. The third-order valence-electron chi connectivity index (χ3n) is 3.43. The summed E-state index contributed by atoms with van der Waals surface area (Å²) in [7, 11) is 0. The van der Waals surface area contributed by atoms with E-state index < -0.39 is 0 Å². The molecule has 1 aromatic carbocycles. The quantitative estimate of drug-likeness (QED) is 0.773. The van der Waals surface area contributed by atoms with Crippen LogP contribution >= 0.6 is 27.7 Å². The molecule has 0 aliphatic carbocycles. The summed E-state index contributed by atoms with van der Waals surface area (Å²) in [6.45, 7) is 0.621. The fourth-order valence-electron chi connectivity index (χ4n) is 2.29. The van der Waals surface area contributed by atoms with Crippen LogP contribution in [0.5, 0.6) is 0 Å². The molecule has 1 aromatic heterocycles. The lowest BCUT2D eigenvalue weighted by Crippen LogP contribution is -2.30. The minimum atomic E-state index is -0.157. The fraction of sp³-hybridized carbons (Fsp3) is 0.0625. The number of aliphatic imine (C=N–C) groups is 1. The molecule has 1 amide bonds. The van der Waals surface area contributed by atoms with Crippen LogP contribution in [0, 0.1) is 0 Å². The van der Waals surface area contributed by atoms with Crippen molar-refractivity contribution in [1.29, 1.82) is 0 Å². The molecule has 1 fully saturated rings. The number of hydrogen-bond acceptors (Lipinski definition) is 6. The number of nitrogens with zero attached hydrogens (tertiary/aromatic N) is 3. The molecule has 0 saturated carbocycles. The van der Waals surface area contributed by atoms with Gasteiger partial charge in [0.25, 0.3) is 5.91 Å². The zero-order valence-electron chi connectivity index (χ0n) is 12.3. The Hall–Kier alpha value is -2.32. The number of thioether (sulfide) groups is 1. The standard InChI is InChI=1S/C16H11BrN4O2S/c17-11-3-1-2-4-12(11)19-16-20-15(22)14(24-16)9-21-6-5-13-10(8-21)7-18-23-13/h1-5,7-9H,6H2,(H,19,20,22). The van der Waals surface area contributed by atoms with E-state index in [-0.39, 0.29) is 5.91 Å². The van der Waals surface area contributed by atoms with E-state index in [1.165, 1.54) is 11.8 Å². The van der Waals surface area contributed by atoms with Gasteiger partial charge in [-0.1, -0.05) is 17.3 Å². The fourth-order valence-corrected chi connectivity index (χ4v) is 3.49. The van der Waals surface area contributed by atoms with Gasteiger partial charge in [-0.05, 0) is 45.9 Å². The second kappa shape index (κ2) is 6.29. The van der Waals surface area contributed by atoms with Crippen molar-refractivity contribution in [3.8, 4) is 0 Å². The van der Waals surface area contributed by atoms with Gasteiger partial charge in [0.1, 0.15) is 0 Å². The largest absolute Gasteiger partial charge is 0.357 e. The van der Waals surface area contributed by atoms with Crippen molar-refractivity contribution in [2.24, 2.45) is 4.99 Å². The highest BCUT2D eigenvalue weighted by Crippen LogP contribution is 2.30. The minimum Gasteiger partial charge on any atom is -0.357 e. The number of amides is 1. The molecule has 0 bridgehead atoms. The number of aromatic nitrogens is 1. The van der Waals surface area contributed by atoms with Crippen LogP contribution < -0.4 is 16.0 Å². The highest BCUT2D eigenvalue weighted by Gasteiger charge is 2.25. The van der Waals surface area contributed by atoms with Crippen LogP contribution in [0.2, 0.25) is 0 Å². The normalized spacial score (nSPS) is 19.9. The van der Waals surface area contributed by atoms with E-state index in [0.29, 0.717) is 16.6 Å². The molecule has 4 rings (SSSR count). The lowest BCUT2D eigenvalue weighted by atomic mass is 10.3. The zero-order valence-corrected chi connectivity index (χ0v) is 14.7. The van der Waals surface area contributed by atoms with E-state index in [1.807, 2.05) is 41.4 Å². The number of para-hydroxylation sites is 1. The lowest BCUT2D eigenvalue weighted by molar-refractivity contribution is -0.115. The van der Waals surface area contributed by atoms with Gasteiger partial charge in [0.15, 0.2) is 10.6 Å². The molecular weight excluding hydrogens is 392 g/mol. The van der Waals surface area contributed by atoms with Gasteiger partial charge in [0, 0.05) is 23.4 Å². The molecule has 8 heteroatoms. The van der Waals surface area contributed by atoms with Gasteiger partial charge in [-0.25, -0.2) is 4.99 Å². The molecule has 1 saturated heterocycles. The number of rotatable bonds is 2. The molecule has 0 spiro atoms. The maximum atomic E-state index is 12.2. The van der Waals surface area contributed by atoms with Gasteiger partial charge in [0.2, 0.25) is 0 Å². The third-order valence-corrected chi connectivity index (χ3v) is 5.00. The van der Waals surface area contributed by atoms with E-state index in [9.17, 15) is 4.79 Å². The van der Waals surface area contributed by atoms with Gasteiger partial charge < -0.3 is 14.7 Å². The molecule has 2 aliphatic rings. The number of hydrogen-bond donors (Lipinski definition) is 1. The average molecular weight is 403 g/mol. The van der Waals surface area contributed by atoms with Crippen molar-refractivity contribution >= 4 is 56.7 Å². The van der Waals surface area contributed by atoms with Crippen molar-refractivity contribution < 1.29 is 9.32 Å². The Labute approximate surface area is 149 Å². The molecule has 0 radical (unpaired) electrons. The van der Waals surface area contributed by atoms with Gasteiger partial charge in [-0.3, -0.25) is 4.79 Å². The van der Waals surface area contributed by atoms with E-state index in [4.69, 9.17) is 4.52 Å². The van der Waals surface area contributed by atoms with Crippen LogP contribution in [0.3, 0.4) is 0 Å². The number of fused-ring (bicyclic) bond motifs is 1. The summed E-state index contributed by atoms with van der Waals surface area (Å²) in [4.78, 5) is 19.1. The van der Waals surface area contributed by atoms with E-state index in [1.54, 1.807) is 12.4 Å². The van der Waals surface area contributed by atoms with Crippen molar-refractivity contribution in [2.75, 3.05) is 6.54 Å². The number of carbonyl (C=O) groups excluding carboxylic acids is 1. The third kappa shape index (κ3) is 3.02. The Kier molecular flexibility index (Phi) is 3.99. The van der Waals surface area contributed by atoms with Gasteiger partial charge in [-0.2, -0.15) is 0 Å². The Bertz CT molecular complexity index is 996. The van der Waals surface area contributed by atoms with Crippen LogP contribution in [0.4, 0.5) is 5.69 Å². The topological polar surface area (TPSA) is 70.7 Å². The molecule has 120 valence electrons. The summed E-state index contributed by atoms with van der Waals surface area (Å²) in [6.07, 6.45) is 7.27. The highest BCUT2D eigenvalue weighted by molar-refractivity contribution is 9.10. The van der Waals surface area contributed by atoms with Crippen LogP contribution in [0.15, 0.2) is 55.6 Å². The summed E-state index contributed by atoms with van der Waals surface area (Å²) in [5, 5.41) is 8.00. The first kappa shape index (κ1) is 15.2. The maximum Gasteiger partial charge on any atom is 0.265 e. The molecule has 0 unspecified atom stereocenters. The Morgan fingerprint density at radius 2 is 2.29 bits per heavy atom. The first-order valence-electron chi connectivity index (χ1n) is 7.12. The van der Waals surface area contributed by atoms with Crippen LogP contribution in [-0.4, -0.2) is 27.7 Å². The van der Waals surface area contributed by atoms with E-state index in [2.05, 4.69) is 31.4 Å². The summed E-state index contributed by atoms with van der Waals surface area (Å²) < 4.78 is 5.98. The van der Waals surface area contributed by atoms with Crippen LogP contribution in [0.25, 0.3) is 12.3 Å². The van der Waals surface area contributed by atoms with Gasteiger partial charge >= 0.3 is 0 Å². The first-order valence-corrected chi connectivity index (χ1v) is 8.73. The number of nitrogens with one attached hydrogen (secondary N) is 1. The number of benzene rings is 1. The summed E-state index contributed by atoms with van der Waals surface area (Å²) in [6, 6.07) is 7.61.